The van der Waals surface area contributed by atoms with Crippen LogP contribution in [0.25, 0.3) is 0 Å². The van der Waals surface area contributed by atoms with Gasteiger partial charge in [0.1, 0.15) is 5.82 Å². The number of thioether (sulfide) groups is 1. The van der Waals surface area contributed by atoms with Gasteiger partial charge in [0, 0.05) is 24.7 Å². The average molecular weight is 169 g/mol. The van der Waals surface area contributed by atoms with Crippen molar-refractivity contribution in [2.45, 2.75) is 0 Å². The minimum absolute atomic E-state index is 0.849. The fourth-order valence-corrected chi connectivity index (χ4v) is 0.978. The lowest BCUT2D eigenvalue weighted by Crippen LogP contribution is -2.05. The summed E-state index contributed by atoms with van der Waals surface area (Å²) in [4.78, 5) is 8.00. The molecule has 0 aliphatic heterocycles. The highest BCUT2D eigenvalue weighted by atomic mass is 32.2. The van der Waals surface area contributed by atoms with Gasteiger partial charge in [0.2, 0.25) is 0 Å². The molecule has 11 heavy (non-hydrogen) atoms. The molecule has 60 valence electrons. The van der Waals surface area contributed by atoms with Crippen LogP contribution in [0, 0.1) is 0 Å². The van der Waals surface area contributed by atoms with Crippen LogP contribution in [0.1, 0.15) is 0 Å². The number of nitrogens with one attached hydrogen (secondary N) is 1. The van der Waals surface area contributed by atoms with Crippen LogP contribution in [0.3, 0.4) is 0 Å². The fourth-order valence-electron chi connectivity index (χ4n) is 0.672. The Morgan fingerprint density at radius 3 is 3.09 bits per heavy atom. The van der Waals surface area contributed by atoms with Crippen molar-refractivity contribution < 1.29 is 0 Å². The molecule has 0 unspecified atom stereocenters. The Hall–Kier alpha value is -0.770. The van der Waals surface area contributed by atoms with Crippen molar-refractivity contribution >= 4 is 17.6 Å². The third-order valence-electron chi connectivity index (χ3n) is 1.18. The monoisotopic (exact) mass is 169 g/mol. The zero-order chi connectivity index (χ0) is 7.94. The molecule has 1 N–H and O–H groups in total. The second-order valence-corrected chi connectivity index (χ2v) is 3.00. The normalized spacial score (nSPS) is 9.55. The smallest absolute Gasteiger partial charge is 0.144 e. The van der Waals surface area contributed by atoms with Gasteiger partial charge in [-0.05, 0) is 6.26 Å². The van der Waals surface area contributed by atoms with E-state index < -0.39 is 0 Å². The van der Waals surface area contributed by atoms with E-state index in [0.29, 0.717) is 0 Å². The van der Waals surface area contributed by atoms with Gasteiger partial charge in [-0.25, -0.2) is 4.98 Å². The molecule has 1 rings (SSSR count). The predicted octanol–water partition coefficient (Wildman–Crippen LogP) is 1.25. The predicted molar refractivity (Wildman–Crippen MR) is 48.9 cm³/mol. The highest BCUT2D eigenvalue weighted by molar-refractivity contribution is 7.98. The molecular weight excluding hydrogens is 158 g/mol. The van der Waals surface area contributed by atoms with Crippen molar-refractivity contribution in [3.05, 3.63) is 18.6 Å². The van der Waals surface area contributed by atoms with Crippen molar-refractivity contribution in [1.82, 2.24) is 9.97 Å². The van der Waals surface area contributed by atoms with Crippen LogP contribution in [0.5, 0.6) is 0 Å². The molecule has 0 bridgehead atoms. The van der Waals surface area contributed by atoms with Crippen LogP contribution in [-0.2, 0) is 0 Å². The number of rotatable bonds is 4. The molecule has 0 radical (unpaired) electrons. The lowest BCUT2D eigenvalue weighted by atomic mass is 10.6. The summed E-state index contributed by atoms with van der Waals surface area (Å²) in [5, 5.41) is 3.15. The first-order valence-corrected chi connectivity index (χ1v) is 4.81. The second-order valence-electron chi connectivity index (χ2n) is 2.01. The average Bonchev–Trinajstić information content (AvgIpc) is 2.07. The fraction of sp³-hybridized carbons (Fsp3) is 0.429. The number of hydrogen-bond acceptors (Lipinski definition) is 4. The number of hydrogen-bond donors (Lipinski definition) is 1. The highest BCUT2D eigenvalue weighted by Crippen LogP contribution is 1.97. The summed E-state index contributed by atoms with van der Waals surface area (Å²) in [5.74, 6) is 1.94. The van der Waals surface area contributed by atoms with E-state index in [-0.39, 0.29) is 0 Å². The molecular formula is C7H11N3S. The molecule has 0 aromatic carbocycles. The maximum atomic E-state index is 4.07. The Bertz CT molecular complexity index is 190. The highest BCUT2D eigenvalue weighted by Gasteiger charge is 1.88. The topological polar surface area (TPSA) is 37.8 Å². The molecule has 0 spiro atoms. The first-order valence-electron chi connectivity index (χ1n) is 3.42. The minimum Gasteiger partial charge on any atom is -0.368 e. The lowest BCUT2D eigenvalue weighted by Gasteiger charge is -2.01. The SMILES string of the molecule is CSCCNc1cnccn1. The van der Waals surface area contributed by atoms with Crippen LogP contribution >= 0.6 is 11.8 Å². The van der Waals surface area contributed by atoms with E-state index in [1.54, 1.807) is 18.6 Å². The Morgan fingerprint density at radius 2 is 2.45 bits per heavy atom. The van der Waals surface area contributed by atoms with Gasteiger partial charge in [-0.15, -0.1) is 0 Å². The number of nitrogens with zero attached hydrogens (tertiary/aromatic N) is 2. The Morgan fingerprint density at radius 1 is 1.55 bits per heavy atom. The Kier molecular flexibility index (Phi) is 3.75. The largest absolute Gasteiger partial charge is 0.368 e. The number of aromatic nitrogens is 2. The zero-order valence-corrected chi connectivity index (χ0v) is 7.27. The van der Waals surface area contributed by atoms with Gasteiger partial charge in [-0.2, -0.15) is 11.8 Å². The molecule has 0 atom stereocenters. The molecule has 4 heteroatoms. The third kappa shape index (κ3) is 3.23. The summed E-state index contributed by atoms with van der Waals surface area (Å²) in [5.41, 5.74) is 0. The van der Waals surface area contributed by atoms with Crippen molar-refractivity contribution in [3.8, 4) is 0 Å². The molecule has 0 aliphatic rings. The molecule has 0 fully saturated rings. The van der Waals surface area contributed by atoms with Crippen molar-refractivity contribution in [2.24, 2.45) is 0 Å². The first kappa shape index (κ1) is 8.33. The molecule has 1 heterocycles. The maximum Gasteiger partial charge on any atom is 0.144 e. The maximum absolute atomic E-state index is 4.07. The zero-order valence-electron chi connectivity index (χ0n) is 6.45. The Balaban J connectivity index is 2.28. The van der Waals surface area contributed by atoms with E-state index in [9.17, 15) is 0 Å². The van der Waals surface area contributed by atoms with E-state index in [4.69, 9.17) is 0 Å². The van der Waals surface area contributed by atoms with Crippen LogP contribution in [0.2, 0.25) is 0 Å². The summed E-state index contributed by atoms with van der Waals surface area (Å²) in [6.07, 6.45) is 7.15. The number of anilines is 1. The van der Waals surface area contributed by atoms with E-state index in [2.05, 4.69) is 21.5 Å². The van der Waals surface area contributed by atoms with Gasteiger partial charge in [-0.1, -0.05) is 0 Å². The van der Waals surface area contributed by atoms with Gasteiger partial charge in [0.15, 0.2) is 0 Å². The van der Waals surface area contributed by atoms with Gasteiger partial charge in [0.05, 0.1) is 6.20 Å². The lowest BCUT2D eigenvalue weighted by molar-refractivity contribution is 1.13. The van der Waals surface area contributed by atoms with Crippen LogP contribution in [0.4, 0.5) is 5.82 Å². The van der Waals surface area contributed by atoms with Gasteiger partial charge in [0.25, 0.3) is 0 Å². The second kappa shape index (κ2) is 4.96. The Labute approximate surface area is 70.6 Å². The molecule has 0 amide bonds. The summed E-state index contributed by atoms with van der Waals surface area (Å²) in [7, 11) is 0. The van der Waals surface area contributed by atoms with Crippen LogP contribution in [-0.4, -0.2) is 28.5 Å². The molecule has 3 nitrogen and oxygen atoms in total. The van der Waals surface area contributed by atoms with Crippen LogP contribution in [0.15, 0.2) is 18.6 Å². The van der Waals surface area contributed by atoms with Crippen LogP contribution < -0.4 is 5.32 Å². The molecule has 1 aromatic heterocycles. The van der Waals surface area contributed by atoms with Gasteiger partial charge >= 0.3 is 0 Å². The van der Waals surface area contributed by atoms with Crippen molar-refractivity contribution in [2.75, 3.05) is 23.9 Å². The minimum atomic E-state index is 0.849. The molecule has 0 saturated carbocycles. The summed E-state index contributed by atoms with van der Waals surface area (Å²) in [6, 6.07) is 0. The molecule has 1 aromatic rings. The first-order chi connectivity index (χ1) is 5.43. The molecule has 0 saturated heterocycles. The van der Waals surface area contributed by atoms with Crippen molar-refractivity contribution in [3.63, 3.8) is 0 Å². The summed E-state index contributed by atoms with van der Waals surface area (Å²) in [6.45, 7) is 0.944. The van der Waals surface area contributed by atoms with Gasteiger partial charge in [-0.3, -0.25) is 4.98 Å². The van der Waals surface area contributed by atoms with Gasteiger partial charge < -0.3 is 5.32 Å². The van der Waals surface area contributed by atoms with E-state index in [1.807, 2.05) is 11.8 Å². The third-order valence-corrected chi connectivity index (χ3v) is 1.79. The van der Waals surface area contributed by atoms with E-state index in [1.165, 1.54) is 0 Å². The summed E-state index contributed by atoms with van der Waals surface area (Å²) < 4.78 is 0. The standard InChI is InChI=1S/C7H11N3S/c1-11-5-4-10-7-6-8-2-3-9-7/h2-3,6H,4-5H2,1H3,(H,9,10). The summed E-state index contributed by atoms with van der Waals surface area (Å²) >= 11 is 1.81. The van der Waals surface area contributed by atoms with Crippen molar-refractivity contribution in [1.29, 1.82) is 0 Å². The van der Waals surface area contributed by atoms with E-state index in [0.717, 1.165) is 18.1 Å². The molecule has 0 aliphatic carbocycles. The quantitative estimate of drug-likeness (QED) is 0.688. The van der Waals surface area contributed by atoms with E-state index >= 15 is 0 Å².